The van der Waals surface area contributed by atoms with Gasteiger partial charge in [-0.15, -0.1) is 0 Å². The summed E-state index contributed by atoms with van der Waals surface area (Å²) < 4.78 is 5.51. The number of nitro benzene ring substituents is 1. The fourth-order valence-electron chi connectivity index (χ4n) is 2.24. The van der Waals surface area contributed by atoms with Crippen molar-refractivity contribution in [2.24, 2.45) is 0 Å². The molecule has 1 amide bonds. The topological polar surface area (TPSA) is 109 Å². The zero-order chi connectivity index (χ0) is 17.8. The highest BCUT2D eigenvalue weighted by molar-refractivity contribution is 6.03. The third-order valence-electron chi connectivity index (χ3n) is 3.49. The Hall–Kier alpha value is -3.92. The molecule has 0 aliphatic rings. The molecule has 0 aliphatic heterocycles. The molecule has 1 aromatic heterocycles. The molecule has 0 atom stereocenters. The Labute approximate surface area is 142 Å². The predicted octanol–water partition coefficient (Wildman–Crippen LogP) is 3.98. The van der Waals surface area contributed by atoms with Gasteiger partial charge in [0.1, 0.15) is 11.8 Å². The number of hydrogen-bond acceptors (Lipinski definition) is 5. The van der Waals surface area contributed by atoms with Crippen LogP contribution in [0.5, 0.6) is 0 Å². The first-order valence-electron chi connectivity index (χ1n) is 7.23. The average molecular weight is 333 g/mol. The van der Waals surface area contributed by atoms with Crippen LogP contribution in [0.25, 0.3) is 11.3 Å². The van der Waals surface area contributed by atoms with Crippen molar-refractivity contribution in [3.63, 3.8) is 0 Å². The third-order valence-corrected chi connectivity index (χ3v) is 3.49. The molecule has 0 saturated heterocycles. The van der Waals surface area contributed by atoms with Crippen LogP contribution in [-0.4, -0.2) is 10.8 Å². The molecule has 1 N–H and O–H groups in total. The van der Waals surface area contributed by atoms with Gasteiger partial charge < -0.3 is 9.73 Å². The lowest BCUT2D eigenvalue weighted by Gasteiger charge is -2.04. The van der Waals surface area contributed by atoms with Crippen molar-refractivity contribution in [3.05, 3.63) is 82.1 Å². The van der Waals surface area contributed by atoms with Crippen LogP contribution in [0.1, 0.15) is 16.1 Å². The second-order valence-corrected chi connectivity index (χ2v) is 5.08. The van der Waals surface area contributed by atoms with E-state index >= 15 is 0 Å². The normalized spacial score (nSPS) is 10.0. The van der Waals surface area contributed by atoms with Crippen LogP contribution >= 0.6 is 0 Å². The van der Waals surface area contributed by atoms with Crippen molar-refractivity contribution >= 4 is 17.3 Å². The maximum Gasteiger partial charge on any atom is 0.291 e. The van der Waals surface area contributed by atoms with Crippen LogP contribution < -0.4 is 5.32 Å². The van der Waals surface area contributed by atoms with Crippen LogP contribution in [0, 0.1) is 21.4 Å². The van der Waals surface area contributed by atoms with Crippen LogP contribution in [-0.2, 0) is 0 Å². The van der Waals surface area contributed by atoms with E-state index in [1.165, 1.54) is 18.2 Å². The van der Waals surface area contributed by atoms with E-state index in [9.17, 15) is 14.9 Å². The number of furan rings is 1. The highest BCUT2D eigenvalue weighted by Crippen LogP contribution is 2.25. The van der Waals surface area contributed by atoms with E-state index in [0.29, 0.717) is 22.6 Å². The van der Waals surface area contributed by atoms with Gasteiger partial charge in [0, 0.05) is 17.7 Å². The molecule has 3 aromatic rings. The number of rotatable bonds is 4. The molecule has 0 saturated carbocycles. The zero-order valence-electron chi connectivity index (χ0n) is 12.8. The van der Waals surface area contributed by atoms with E-state index < -0.39 is 10.8 Å². The number of non-ortho nitro benzene ring substituents is 1. The Morgan fingerprint density at radius 1 is 1.08 bits per heavy atom. The summed E-state index contributed by atoms with van der Waals surface area (Å²) in [5, 5.41) is 22.3. The fourth-order valence-corrected chi connectivity index (χ4v) is 2.24. The molecule has 7 heteroatoms. The highest BCUT2D eigenvalue weighted by Gasteiger charge is 2.14. The number of nitriles is 1. The minimum atomic E-state index is -0.490. The summed E-state index contributed by atoms with van der Waals surface area (Å²) in [5.74, 6) is -0.00873. The molecule has 7 nitrogen and oxygen atoms in total. The summed E-state index contributed by atoms with van der Waals surface area (Å²) in [6.45, 7) is 0. The Morgan fingerprint density at radius 3 is 2.48 bits per heavy atom. The largest absolute Gasteiger partial charge is 0.451 e. The van der Waals surface area contributed by atoms with Gasteiger partial charge in [-0.25, -0.2) is 0 Å². The Morgan fingerprint density at radius 2 is 1.80 bits per heavy atom. The van der Waals surface area contributed by atoms with Gasteiger partial charge in [0.15, 0.2) is 5.76 Å². The Bertz CT molecular complexity index is 984. The van der Waals surface area contributed by atoms with Gasteiger partial charge in [-0.3, -0.25) is 14.9 Å². The first kappa shape index (κ1) is 16.0. The number of nitro groups is 1. The maximum atomic E-state index is 12.3. The van der Waals surface area contributed by atoms with Gasteiger partial charge in [-0.1, -0.05) is 12.1 Å². The van der Waals surface area contributed by atoms with E-state index in [4.69, 9.17) is 9.68 Å². The molecule has 0 aliphatic carbocycles. The smallest absolute Gasteiger partial charge is 0.291 e. The monoisotopic (exact) mass is 333 g/mol. The van der Waals surface area contributed by atoms with Gasteiger partial charge >= 0.3 is 0 Å². The van der Waals surface area contributed by atoms with E-state index in [2.05, 4.69) is 5.32 Å². The number of anilines is 1. The van der Waals surface area contributed by atoms with Gasteiger partial charge in [-0.2, -0.15) is 5.26 Å². The number of hydrogen-bond donors (Lipinski definition) is 1. The fraction of sp³-hybridized carbons (Fsp3) is 0. The molecule has 25 heavy (non-hydrogen) atoms. The molecule has 0 spiro atoms. The number of amides is 1. The Balaban J connectivity index is 1.80. The molecule has 122 valence electrons. The van der Waals surface area contributed by atoms with Crippen LogP contribution in [0.3, 0.4) is 0 Å². The van der Waals surface area contributed by atoms with Crippen LogP contribution in [0.15, 0.2) is 65.1 Å². The summed E-state index contributed by atoms with van der Waals surface area (Å²) in [6.07, 6.45) is 0. The molecule has 0 radical (unpaired) electrons. The first-order valence-corrected chi connectivity index (χ1v) is 7.23. The average Bonchev–Trinajstić information content (AvgIpc) is 3.12. The van der Waals surface area contributed by atoms with Crippen molar-refractivity contribution in [1.29, 1.82) is 5.26 Å². The van der Waals surface area contributed by atoms with Crippen LogP contribution in [0.4, 0.5) is 11.4 Å². The second kappa shape index (κ2) is 6.68. The summed E-state index contributed by atoms with van der Waals surface area (Å²) in [6, 6.07) is 17.5. The molecule has 0 unspecified atom stereocenters. The summed E-state index contributed by atoms with van der Waals surface area (Å²) in [4.78, 5) is 22.5. The number of benzene rings is 2. The lowest BCUT2D eigenvalue weighted by atomic mass is 10.1. The molecule has 1 heterocycles. The second-order valence-electron chi connectivity index (χ2n) is 5.08. The van der Waals surface area contributed by atoms with Crippen molar-refractivity contribution in [2.45, 2.75) is 0 Å². The zero-order valence-corrected chi connectivity index (χ0v) is 12.8. The summed E-state index contributed by atoms with van der Waals surface area (Å²) in [5.41, 5.74) is 1.32. The van der Waals surface area contributed by atoms with Crippen molar-refractivity contribution in [3.8, 4) is 17.4 Å². The van der Waals surface area contributed by atoms with E-state index in [-0.39, 0.29) is 11.4 Å². The summed E-state index contributed by atoms with van der Waals surface area (Å²) >= 11 is 0. The maximum absolute atomic E-state index is 12.3. The highest BCUT2D eigenvalue weighted by atomic mass is 16.6. The Kier molecular flexibility index (Phi) is 4.26. The van der Waals surface area contributed by atoms with E-state index in [0.717, 1.165) is 0 Å². The minimum Gasteiger partial charge on any atom is -0.451 e. The standard InChI is InChI=1S/C18H11N3O4/c19-11-13-3-1-2-4-15(13)20-18(22)17-10-9-16(25-17)12-5-7-14(8-6-12)21(23)24/h1-10H,(H,20,22). The molecule has 2 aromatic carbocycles. The van der Waals surface area contributed by atoms with Crippen molar-refractivity contribution in [1.82, 2.24) is 0 Å². The molecular formula is C18H11N3O4. The molecule has 3 rings (SSSR count). The third kappa shape index (κ3) is 3.38. The quantitative estimate of drug-likeness (QED) is 0.573. The van der Waals surface area contributed by atoms with E-state index in [1.807, 2.05) is 6.07 Å². The van der Waals surface area contributed by atoms with Gasteiger partial charge in [0.25, 0.3) is 11.6 Å². The van der Waals surface area contributed by atoms with Gasteiger partial charge in [-0.05, 0) is 36.4 Å². The van der Waals surface area contributed by atoms with Gasteiger partial charge in [0.2, 0.25) is 0 Å². The predicted molar refractivity (Wildman–Crippen MR) is 89.9 cm³/mol. The number of carbonyl (C=O) groups excluding carboxylic acids is 1. The lowest BCUT2D eigenvalue weighted by molar-refractivity contribution is -0.384. The van der Waals surface area contributed by atoms with Gasteiger partial charge in [0.05, 0.1) is 16.2 Å². The first-order chi connectivity index (χ1) is 12.1. The van der Waals surface area contributed by atoms with E-state index in [1.54, 1.807) is 42.5 Å². The van der Waals surface area contributed by atoms with Crippen LogP contribution in [0.2, 0.25) is 0 Å². The molecule has 0 bridgehead atoms. The summed E-state index contributed by atoms with van der Waals surface area (Å²) in [7, 11) is 0. The molecular weight excluding hydrogens is 322 g/mol. The number of carbonyl (C=O) groups is 1. The SMILES string of the molecule is N#Cc1ccccc1NC(=O)c1ccc(-c2ccc([N+](=O)[O-])cc2)o1. The lowest BCUT2D eigenvalue weighted by Crippen LogP contribution is -2.11. The number of para-hydroxylation sites is 1. The van der Waals surface area contributed by atoms with Crippen molar-refractivity contribution < 1.29 is 14.1 Å². The molecule has 0 fully saturated rings. The number of nitrogens with one attached hydrogen (secondary N) is 1. The minimum absolute atomic E-state index is 0.0265. The van der Waals surface area contributed by atoms with Crippen molar-refractivity contribution in [2.75, 3.05) is 5.32 Å². The number of nitrogens with zero attached hydrogens (tertiary/aromatic N) is 2.